The summed E-state index contributed by atoms with van der Waals surface area (Å²) in [6.07, 6.45) is 1.74. The van der Waals surface area contributed by atoms with Crippen molar-refractivity contribution in [3.63, 3.8) is 0 Å². The van der Waals surface area contributed by atoms with Crippen LogP contribution in [-0.4, -0.2) is 9.38 Å². The molecule has 3 aromatic rings. The molecule has 0 aliphatic heterocycles. The Morgan fingerprint density at radius 1 is 1.21 bits per heavy atom. The Morgan fingerprint density at radius 2 is 2.00 bits per heavy atom. The van der Waals surface area contributed by atoms with Crippen LogP contribution in [0.4, 0.5) is 8.78 Å². The molecule has 0 spiro atoms. The van der Waals surface area contributed by atoms with Crippen LogP contribution in [0.25, 0.3) is 5.65 Å². The summed E-state index contributed by atoms with van der Waals surface area (Å²) in [5.41, 5.74) is 2.46. The highest BCUT2D eigenvalue weighted by Gasteiger charge is 2.15. The lowest BCUT2D eigenvalue weighted by molar-refractivity contribution is -0.708. The molecule has 0 unspecified atom stereocenters. The van der Waals surface area contributed by atoms with Gasteiger partial charge in [-0.2, -0.15) is 0 Å². The number of hydrogen-bond acceptors (Lipinski definition) is 2. The number of aromatic nitrogens is 2. The zero-order valence-electron chi connectivity index (χ0n) is 13.5. The largest absolute Gasteiger partial charge is 0.335 e. The number of hydrogen-bond donors (Lipinski definition) is 1. The third-order valence-corrected chi connectivity index (χ3v) is 3.99. The minimum Gasteiger partial charge on any atom is -0.335 e. The number of rotatable bonds is 4. The SMILES string of the molecule is Cc1ccc2nc(C[NH2+][C@@H](C)c3ccc(F)cc3F)cc(=O)n2c1. The molecule has 0 amide bonds. The molecule has 4 nitrogen and oxygen atoms in total. The molecule has 0 saturated carbocycles. The van der Waals surface area contributed by atoms with E-state index in [2.05, 4.69) is 4.98 Å². The standard InChI is InChI=1S/C18H17F2N3O/c1-11-3-6-17-22-14(8-18(24)23(17)10-11)9-21-12(2)15-5-4-13(19)7-16(15)20/h3-8,10,12,21H,9H2,1-2H3/p+1/t12-/m0/s1. The van der Waals surface area contributed by atoms with Gasteiger partial charge in [0.15, 0.2) is 0 Å². The van der Waals surface area contributed by atoms with Gasteiger partial charge in [-0.05, 0) is 37.6 Å². The van der Waals surface area contributed by atoms with Crippen LogP contribution in [0, 0.1) is 18.6 Å². The van der Waals surface area contributed by atoms with Gasteiger partial charge in [-0.1, -0.05) is 6.07 Å². The van der Waals surface area contributed by atoms with Crippen molar-refractivity contribution in [3.8, 4) is 0 Å². The Balaban J connectivity index is 1.80. The van der Waals surface area contributed by atoms with Crippen molar-refractivity contribution in [2.45, 2.75) is 26.4 Å². The first-order valence-corrected chi connectivity index (χ1v) is 7.71. The second-order valence-electron chi connectivity index (χ2n) is 5.91. The molecule has 0 aliphatic rings. The van der Waals surface area contributed by atoms with Gasteiger partial charge in [-0.25, -0.2) is 13.8 Å². The lowest BCUT2D eigenvalue weighted by Gasteiger charge is -2.12. The van der Waals surface area contributed by atoms with Gasteiger partial charge in [0, 0.05) is 23.9 Å². The van der Waals surface area contributed by atoms with Crippen LogP contribution in [0.5, 0.6) is 0 Å². The average molecular weight is 330 g/mol. The van der Waals surface area contributed by atoms with Crippen LogP contribution in [0.2, 0.25) is 0 Å². The molecule has 2 N–H and O–H groups in total. The zero-order valence-corrected chi connectivity index (χ0v) is 13.5. The number of nitrogens with two attached hydrogens (primary N) is 1. The van der Waals surface area contributed by atoms with Gasteiger partial charge in [0.1, 0.15) is 35.6 Å². The number of pyridine rings is 1. The fourth-order valence-electron chi connectivity index (χ4n) is 2.66. The second-order valence-corrected chi connectivity index (χ2v) is 5.91. The first-order chi connectivity index (χ1) is 11.4. The number of fused-ring (bicyclic) bond motifs is 1. The molecule has 3 rings (SSSR count). The molecule has 6 heteroatoms. The summed E-state index contributed by atoms with van der Waals surface area (Å²) in [5, 5.41) is 1.86. The van der Waals surface area contributed by atoms with E-state index < -0.39 is 11.6 Å². The third kappa shape index (κ3) is 3.33. The highest BCUT2D eigenvalue weighted by molar-refractivity contribution is 5.39. The van der Waals surface area contributed by atoms with E-state index in [4.69, 9.17) is 0 Å². The Bertz CT molecular complexity index is 953. The van der Waals surface area contributed by atoms with Crippen molar-refractivity contribution in [1.29, 1.82) is 0 Å². The summed E-state index contributed by atoms with van der Waals surface area (Å²) in [7, 11) is 0. The van der Waals surface area contributed by atoms with Crippen LogP contribution >= 0.6 is 0 Å². The molecule has 0 radical (unpaired) electrons. The maximum absolute atomic E-state index is 13.8. The van der Waals surface area contributed by atoms with E-state index in [0.717, 1.165) is 11.6 Å². The van der Waals surface area contributed by atoms with Crippen LogP contribution in [0.15, 0.2) is 47.4 Å². The van der Waals surface area contributed by atoms with Crippen molar-refractivity contribution in [1.82, 2.24) is 9.38 Å². The molecule has 0 saturated heterocycles. The molecule has 0 fully saturated rings. The van der Waals surface area contributed by atoms with Crippen molar-refractivity contribution in [3.05, 3.63) is 81.4 Å². The van der Waals surface area contributed by atoms with E-state index in [1.54, 1.807) is 12.3 Å². The second kappa shape index (κ2) is 6.49. The minimum absolute atomic E-state index is 0.146. The van der Waals surface area contributed by atoms with Gasteiger partial charge >= 0.3 is 0 Å². The van der Waals surface area contributed by atoms with Crippen molar-refractivity contribution in [2.24, 2.45) is 0 Å². The maximum Gasteiger partial charge on any atom is 0.258 e. The molecule has 0 aliphatic carbocycles. The number of quaternary nitrogens is 1. The van der Waals surface area contributed by atoms with Crippen LogP contribution < -0.4 is 10.9 Å². The fourth-order valence-corrected chi connectivity index (χ4v) is 2.66. The van der Waals surface area contributed by atoms with E-state index in [1.807, 2.05) is 25.2 Å². The Hall–Kier alpha value is -2.60. The summed E-state index contributed by atoms with van der Waals surface area (Å²) < 4.78 is 28.3. The molecule has 124 valence electrons. The highest BCUT2D eigenvalue weighted by Crippen LogP contribution is 2.14. The summed E-state index contributed by atoms with van der Waals surface area (Å²) in [5.74, 6) is -1.16. The zero-order chi connectivity index (χ0) is 17.3. The van der Waals surface area contributed by atoms with Crippen molar-refractivity contribution >= 4 is 5.65 Å². The monoisotopic (exact) mass is 330 g/mol. The molecule has 2 heterocycles. The van der Waals surface area contributed by atoms with Crippen LogP contribution in [0.3, 0.4) is 0 Å². The lowest BCUT2D eigenvalue weighted by atomic mass is 10.1. The van der Waals surface area contributed by atoms with Gasteiger partial charge in [-0.15, -0.1) is 0 Å². The third-order valence-electron chi connectivity index (χ3n) is 3.99. The quantitative estimate of drug-likeness (QED) is 0.796. The lowest BCUT2D eigenvalue weighted by Crippen LogP contribution is -2.83. The van der Waals surface area contributed by atoms with Crippen LogP contribution in [0.1, 0.15) is 29.8 Å². The van der Waals surface area contributed by atoms with Gasteiger partial charge < -0.3 is 5.32 Å². The molecule has 1 atom stereocenters. The highest BCUT2D eigenvalue weighted by atomic mass is 19.1. The molecule has 0 bridgehead atoms. The topological polar surface area (TPSA) is 51.0 Å². The molecular weight excluding hydrogens is 312 g/mol. The van der Waals surface area contributed by atoms with E-state index in [0.29, 0.717) is 23.4 Å². The number of benzene rings is 1. The average Bonchev–Trinajstić information content (AvgIpc) is 2.53. The van der Waals surface area contributed by atoms with E-state index in [1.165, 1.54) is 22.6 Å². The Kier molecular flexibility index (Phi) is 4.40. The first kappa shape index (κ1) is 16.3. The number of aryl methyl sites for hydroxylation is 1. The number of nitrogens with zero attached hydrogens (tertiary/aromatic N) is 2. The van der Waals surface area contributed by atoms with E-state index in [-0.39, 0.29) is 11.6 Å². The first-order valence-electron chi connectivity index (χ1n) is 7.71. The molecule has 24 heavy (non-hydrogen) atoms. The molecule has 2 aromatic heterocycles. The Morgan fingerprint density at radius 3 is 2.75 bits per heavy atom. The van der Waals surface area contributed by atoms with Gasteiger partial charge in [0.05, 0.1) is 0 Å². The smallest absolute Gasteiger partial charge is 0.258 e. The van der Waals surface area contributed by atoms with Gasteiger partial charge in [0.25, 0.3) is 5.56 Å². The summed E-state index contributed by atoms with van der Waals surface area (Å²) in [6, 6.07) is 8.51. The number of halogens is 2. The van der Waals surface area contributed by atoms with Crippen molar-refractivity contribution in [2.75, 3.05) is 0 Å². The van der Waals surface area contributed by atoms with Gasteiger partial charge in [0.2, 0.25) is 0 Å². The summed E-state index contributed by atoms with van der Waals surface area (Å²) in [4.78, 5) is 16.6. The maximum atomic E-state index is 13.8. The van der Waals surface area contributed by atoms with Crippen molar-refractivity contribution < 1.29 is 14.1 Å². The normalized spacial score (nSPS) is 12.5. The summed E-state index contributed by atoms with van der Waals surface area (Å²) in [6.45, 7) is 4.16. The summed E-state index contributed by atoms with van der Waals surface area (Å²) >= 11 is 0. The van der Waals surface area contributed by atoms with E-state index in [9.17, 15) is 13.6 Å². The fraction of sp³-hybridized carbons (Fsp3) is 0.222. The van der Waals surface area contributed by atoms with Gasteiger partial charge in [-0.3, -0.25) is 9.20 Å². The van der Waals surface area contributed by atoms with E-state index >= 15 is 0 Å². The molecular formula is C18H18F2N3O+. The molecule has 1 aromatic carbocycles. The predicted molar refractivity (Wildman–Crippen MR) is 86.6 cm³/mol. The van der Waals surface area contributed by atoms with Crippen LogP contribution in [-0.2, 0) is 6.54 Å². The Labute approximate surface area is 137 Å². The predicted octanol–water partition coefficient (Wildman–Crippen LogP) is 2.11. The minimum atomic E-state index is -0.594.